The molecule has 4 nitrogen and oxygen atoms in total. The second-order valence-electron chi connectivity index (χ2n) is 4.20. The van der Waals surface area contributed by atoms with Gasteiger partial charge in [0, 0.05) is 18.3 Å². The lowest BCUT2D eigenvalue weighted by molar-refractivity contribution is -0.144. The highest BCUT2D eigenvalue weighted by atomic mass is 32.1. The van der Waals surface area contributed by atoms with Crippen molar-refractivity contribution in [3.63, 3.8) is 0 Å². The zero-order valence-corrected chi connectivity index (χ0v) is 12.4. The van der Waals surface area contributed by atoms with Crippen molar-refractivity contribution in [2.24, 2.45) is 5.73 Å². The molecule has 2 N–H and O–H groups in total. The summed E-state index contributed by atoms with van der Waals surface area (Å²) in [6, 6.07) is 7.22. The van der Waals surface area contributed by atoms with Gasteiger partial charge in [-0.1, -0.05) is 19.1 Å². The van der Waals surface area contributed by atoms with E-state index in [1.54, 1.807) is 0 Å². The van der Waals surface area contributed by atoms with Gasteiger partial charge in [0.2, 0.25) is 0 Å². The number of esters is 1. The van der Waals surface area contributed by atoms with Gasteiger partial charge in [0.05, 0.1) is 6.61 Å². The van der Waals surface area contributed by atoms with Gasteiger partial charge in [0.25, 0.3) is 0 Å². The van der Waals surface area contributed by atoms with Crippen LogP contribution in [0.15, 0.2) is 24.3 Å². The van der Waals surface area contributed by atoms with Crippen LogP contribution in [-0.4, -0.2) is 30.7 Å². The highest BCUT2D eigenvalue weighted by Gasteiger charge is 2.22. The van der Waals surface area contributed by atoms with Crippen molar-refractivity contribution in [3.8, 4) is 0 Å². The number of ether oxygens (including phenoxy) is 1. The predicted octanol–water partition coefficient (Wildman–Crippen LogP) is 2.10. The second kappa shape index (κ2) is 7.09. The van der Waals surface area contributed by atoms with E-state index in [0.717, 1.165) is 11.3 Å². The number of carbonyl (C=O) groups is 1. The maximum Gasteiger partial charge on any atom is 0.328 e. The topological polar surface area (TPSA) is 55.6 Å². The Labute approximate surface area is 119 Å². The first kappa shape index (κ1) is 15.4. The molecule has 1 aromatic carbocycles. The standard InChI is InChI=1S/C14H20N2O2S/c1-4-12(14(17)18-5-2)16(3)11-8-6-10(7-9-11)13(15)19/h6-9,12H,4-5H2,1-3H3,(H2,15,19). The molecule has 0 aliphatic carbocycles. The molecule has 19 heavy (non-hydrogen) atoms. The van der Waals surface area contributed by atoms with Gasteiger partial charge < -0.3 is 15.4 Å². The lowest BCUT2D eigenvalue weighted by Crippen LogP contribution is -2.39. The van der Waals surface area contributed by atoms with Crippen molar-refractivity contribution in [3.05, 3.63) is 29.8 Å². The molecule has 0 aliphatic heterocycles. The van der Waals surface area contributed by atoms with Crippen molar-refractivity contribution in [2.75, 3.05) is 18.6 Å². The van der Waals surface area contributed by atoms with Crippen molar-refractivity contribution in [1.29, 1.82) is 0 Å². The SMILES string of the molecule is CCOC(=O)C(CC)N(C)c1ccc(C(N)=S)cc1. The Bertz CT molecular complexity index is 445. The molecule has 104 valence electrons. The third-order valence-electron chi connectivity index (χ3n) is 2.97. The van der Waals surface area contributed by atoms with E-state index in [2.05, 4.69) is 0 Å². The molecule has 0 radical (unpaired) electrons. The number of hydrogen-bond donors (Lipinski definition) is 1. The fraction of sp³-hybridized carbons (Fsp3) is 0.429. The number of anilines is 1. The van der Waals surface area contributed by atoms with E-state index >= 15 is 0 Å². The smallest absolute Gasteiger partial charge is 0.328 e. The molecule has 0 spiro atoms. The number of rotatable bonds is 6. The Kier molecular flexibility index (Phi) is 5.76. The van der Waals surface area contributed by atoms with Gasteiger partial charge in [0.15, 0.2) is 0 Å². The molecular formula is C14H20N2O2S. The third-order valence-corrected chi connectivity index (χ3v) is 3.21. The fourth-order valence-electron chi connectivity index (χ4n) is 1.88. The Morgan fingerprint density at radius 2 is 1.95 bits per heavy atom. The molecule has 1 unspecified atom stereocenters. The molecule has 0 heterocycles. The number of nitrogens with two attached hydrogens (primary N) is 1. The maximum absolute atomic E-state index is 11.9. The van der Waals surface area contributed by atoms with Crippen LogP contribution in [0.1, 0.15) is 25.8 Å². The maximum atomic E-state index is 11.9. The summed E-state index contributed by atoms with van der Waals surface area (Å²) in [7, 11) is 1.88. The molecule has 0 aromatic heterocycles. The number of carbonyl (C=O) groups excluding carboxylic acids is 1. The van der Waals surface area contributed by atoms with Crippen molar-refractivity contribution >= 4 is 28.9 Å². The van der Waals surface area contributed by atoms with Gasteiger partial charge in [-0.25, -0.2) is 4.79 Å². The van der Waals surface area contributed by atoms with E-state index in [-0.39, 0.29) is 12.0 Å². The summed E-state index contributed by atoms with van der Waals surface area (Å²) < 4.78 is 5.08. The van der Waals surface area contributed by atoms with E-state index in [0.29, 0.717) is 18.0 Å². The number of likely N-dealkylation sites (N-methyl/N-ethyl adjacent to an activating group) is 1. The minimum Gasteiger partial charge on any atom is -0.464 e. The Hall–Kier alpha value is -1.62. The van der Waals surface area contributed by atoms with Gasteiger partial charge in [-0.2, -0.15) is 0 Å². The van der Waals surface area contributed by atoms with Crippen LogP contribution in [0.2, 0.25) is 0 Å². The normalized spacial score (nSPS) is 11.7. The summed E-state index contributed by atoms with van der Waals surface area (Å²) in [4.78, 5) is 14.1. The lowest BCUT2D eigenvalue weighted by Gasteiger charge is -2.27. The van der Waals surface area contributed by atoms with Crippen molar-refractivity contribution < 1.29 is 9.53 Å². The zero-order valence-electron chi connectivity index (χ0n) is 11.6. The molecule has 5 heteroatoms. The molecule has 0 saturated heterocycles. The molecular weight excluding hydrogens is 260 g/mol. The largest absolute Gasteiger partial charge is 0.464 e. The lowest BCUT2D eigenvalue weighted by atomic mass is 10.1. The molecule has 0 aliphatic rings. The monoisotopic (exact) mass is 280 g/mol. The summed E-state index contributed by atoms with van der Waals surface area (Å²) >= 11 is 4.91. The summed E-state index contributed by atoms with van der Waals surface area (Å²) in [6.45, 7) is 4.16. The fourth-order valence-corrected chi connectivity index (χ4v) is 2.01. The average Bonchev–Trinajstić information content (AvgIpc) is 2.39. The highest BCUT2D eigenvalue weighted by Crippen LogP contribution is 2.18. The average molecular weight is 280 g/mol. The van der Waals surface area contributed by atoms with E-state index in [4.69, 9.17) is 22.7 Å². The van der Waals surface area contributed by atoms with E-state index in [9.17, 15) is 4.79 Å². The van der Waals surface area contributed by atoms with Crippen molar-refractivity contribution in [1.82, 2.24) is 0 Å². The Morgan fingerprint density at radius 1 is 1.37 bits per heavy atom. The minimum atomic E-state index is -0.282. The molecule has 1 aromatic rings. The minimum absolute atomic E-state index is 0.203. The van der Waals surface area contributed by atoms with Crippen LogP contribution in [-0.2, 0) is 9.53 Å². The molecule has 0 saturated carbocycles. The first-order valence-electron chi connectivity index (χ1n) is 6.30. The molecule has 0 bridgehead atoms. The number of thiocarbonyl (C=S) groups is 1. The van der Waals surface area contributed by atoms with Crippen LogP contribution in [0.5, 0.6) is 0 Å². The van der Waals surface area contributed by atoms with Gasteiger partial charge >= 0.3 is 5.97 Å². The first-order chi connectivity index (χ1) is 9.01. The number of hydrogen-bond acceptors (Lipinski definition) is 4. The van der Waals surface area contributed by atoms with Crippen LogP contribution >= 0.6 is 12.2 Å². The quantitative estimate of drug-likeness (QED) is 0.639. The summed E-state index contributed by atoms with van der Waals surface area (Å²) in [5.41, 5.74) is 7.30. The van der Waals surface area contributed by atoms with Gasteiger partial charge in [-0.15, -0.1) is 0 Å². The number of benzene rings is 1. The summed E-state index contributed by atoms with van der Waals surface area (Å²) in [6.07, 6.45) is 0.687. The predicted molar refractivity (Wildman–Crippen MR) is 81.4 cm³/mol. The Morgan fingerprint density at radius 3 is 2.37 bits per heavy atom. The van der Waals surface area contributed by atoms with E-state index < -0.39 is 0 Å². The molecule has 0 fully saturated rings. The van der Waals surface area contributed by atoms with E-state index in [1.165, 1.54) is 0 Å². The summed E-state index contributed by atoms with van der Waals surface area (Å²) in [5.74, 6) is -0.203. The summed E-state index contributed by atoms with van der Waals surface area (Å²) in [5, 5.41) is 0. The third kappa shape index (κ3) is 3.92. The van der Waals surface area contributed by atoms with Gasteiger partial charge in [-0.3, -0.25) is 0 Å². The van der Waals surface area contributed by atoms with Gasteiger partial charge in [-0.05, 0) is 37.6 Å². The zero-order chi connectivity index (χ0) is 14.4. The van der Waals surface area contributed by atoms with Crippen LogP contribution in [0.3, 0.4) is 0 Å². The van der Waals surface area contributed by atoms with Crippen LogP contribution in [0.4, 0.5) is 5.69 Å². The van der Waals surface area contributed by atoms with Crippen molar-refractivity contribution in [2.45, 2.75) is 26.3 Å². The highest BCUT2D eigenvalue weighted by molar-refractivity contribution is 7.80. The molecule has 1 rings (SSSR count). The van der Waals surface area contributed by atoms with Crippen LogP contribution < -0.4 is 10.6 Å². The van der Waals surface area contributed by atoms with Crippen LogP contribution in [0.25, 0.3) is 0 Å². The second-order valence-corrected chi connectivity index (χ2v) is 4.64. The van der Waals surface area contributed by atoms with Gasteiger partial charge in [0.1, 0.15) is 11.0 Å². The van der Waals surface area contributed by atoms with E-state index in [1.807, 2.05) is 50.1 Å². The first-order valence-corrected chi connectivity index (χ1v) is 6.71. The number of nitrogens with zero attached hydrogens (tertiary/aromatic N) is 1. The molecule has 0 amide bonds. The molecule has 1 atom stereocenters. The van der Waals surface area contributed by atoms with Crippen LogP contribution in [0, 0.1) is 0 Å². The Balaban J connectivity index is 2.88.